The van der Waals surface area contributed by atoms with Gasteiger partial charge in [-0.25, -0.2) is 9.97 Å². The Kier molecular flexibility index (Phi) is 6.11. The largest absolute Gasteiger partial charge is 0.370 e. The first kappa shape index (κ1) is 21.5. The molecule has 0 bridgehead atoms. The van der Waals surface area contributed by atoms with Gasteiger partial charge in [0, 0.05) is 54.8 Å². The Hall–Kier alpha value is -4.33. The van der Waals surface area contributed by atoms with Crippen molar-refractivity contribution < 1.29 is 4.79 Å². The molecule has 3 aromatic heterocycles. The van der Waals surface area contributed by atoms with Crippen LogP contribution in [0.2, 0.25) is 0 Å². The maximum absolute atomic E-state index is 12.9. The average molecular weight is 452 g/mol. The minimum absolute atomic E-state index is 0.196. The predicted octanol–water partition coefficient (Wildman–Crippen LogP) is 4.84. The van der Waals surface area contributed by atoms with E-state index in [2.05, 4.69) is 35.5 Å². The quantitative estimate of drug-likeness (QED) is 0.433. The van der Waals surface area contributed by atoms with Crippen LogP contribution in [-0.2, 0) is 0 Å². The highest BCUT2D eigenvalue weighted by molar-refractivity contribution is 6.04. The Bertz CT molecular complexity index is 1300. The molecule has 1 saturated heterocycles. The van der Waals surface area contributed by atoms with Crippen molar-refractivity contribution in [1.82, 2.24) is 19.9 Å². The summed E-state index contributed by atoms with van der Waals surface area (Å²) >= 11 is 0. The van der Waals surface area contributed by atoms with Crippen LogP contribution < -0.4 is 15.5 Å². The number of carbonyl (C=O) groups excluding carboxylic acids is 1. The summed E-state index contributed by atoms with van der Waals surface area (Å²) < 4.78 is 0. The fourth-order valence-corrected chi connectivity index (χ4v) is 3.95. The van der Waals surface area contributed by atoms with E-state index in [-0.39, 0.29) is 5.91 Å². The molecule has 1 fully saturated rings. The number of nitrogens with zero attached hydrogens (tertiary/aromatic N) is 5. The van der Waals surface area contributed by atoms with E-state index in [9.17, 15) is 4.79 Å². The third kappa shape index (κ3) is 4.85. The molecule has 0 spiro atoms. The van der Waals surface area contributed by atoms with Crippen molar-refractivity contribution in [2.75, 3.05) is 28.6 Å². The molecule has 8 nitrogen and oxygen atoms in total. The second kappa shape index (κ2) is 9.66. The van der Waals surface area contributed by atoms with E-state index in [4.69, 9.17) is 0 Å². The van der Waals surface area contributed by atoms with Gasteiger partial charge in [0.25, 0.3) is 5.91 Å². The Morgan fingerprint density at radius 2 is 1.85 bits per heavy atom. The van der Waals surface area contributed by atoms with E-state index in [1.54, 1.807) is 24.8 Å². The molecule has 0 unspecified atom stereocenters. The summed E-state index contributed by atoms with van der Waals surface area (Å²) in [6.07, 6.45) is 11.0. The molecule has 2 N–H and O–H groups in total. The number of pyridine rings is 2. The highest BCUT2D eigenvalue weighted by Gasteiger charge is 2.15. The average Bonchev–Trinajstić information content (AvgIpc) is 3.42. The first-order valence-corrected chi connectivity index (χ1v) is 11.3. The molecular weight excluding hydrogens is 426 g/mol. The number of benzene rings is 1. The Balaban J connectivity index is 1.33. The van der Waals surface area contributed by atoms with E-state index >= 15 is 0 Å². The molecule has 4 heterocycles. The molecule has 0 aliphatic carbocycles. The lowest BCUT2D eigenvalue weighted by Gasteiger charge is -2.17. The monoisotopic (exact) mass is 451 g/mol. The lowest BCUT2D eigenvalue weighted by atomic mass is 10.1. The first-order chi connectivity index (χ1) is 16.7. The minimum Gasteiger partial charge on any atom is -0.370 e. The minimum atomic E-state index is -0.196. The van der Waals surface area contributed by atoms with Crippen molar-refractivity contribution in [2.24, 2.45) is 0 Å². The summed E-state index contributed by atoms with van der Waals surface area (Å²) in [5.74, 6) is 0.272. The van der Waals surface area contributed by atoms with E-state index in [0.717, 1.165) is 41.3 Å². The topological polar surface area (TPSA) is 95.9 Å². The molecule has 1 aliphatic rings. The van der Waals surface area contributed by atoms with Crippen molar-refractivity contribution in [2.45, 2.75) is 19.8 Å². The molecule has 0 saturated carbocycles. The fourth-order valence-electron chi connectivity index (χ4n) is 3.95. The van der Waals surface area contributed by atoms with Crippen LogP contribution in [0, 0.1) is 6.92 Å². The van der Waals surface area contributed by atoms with Crippen molar-refractivity contribution in [3.8, 4) is 11.3 Å². The SMILES string of the molecule is Cc1ccc(NC(=O)c2cncc(N3CCCC3)c2)cc1Nc1nccc(-c2cccnc2)n1. The molecular formula is C26H25N7O. The van der Waals surface area contributed by atoms with Gasteiger partial charge in [0.1, 0.15) is 0 Å². The van der Waals surface area contributed by atoms with Crippen LogP contribution in [-0.4, -0.2) is 38.9 Å². The Labute approximate surface area is 198 Å². The van der Waals surface area contributed by atoms with Crippen molar-refractivity contribution in [1.29, 1.82) is 0 Å². The van der Waals surface area contributed by atoms with Crippen molar-refractivity contribution in [3.05, 3.63) is 84.6 Å². The molecule has 4 aromatic rings. The van der Waals surface area contributed by atoms with Crippen molar-refractivity contribution in [3.63, 3.8) is 0 Å². The Morgan fingerprint density at radius 1 is 0.971 bits per heavy atom. The summed E-state index contributed by atoms with van der Waals surface area (Å²) in [6.45, 7) is 4.00. The normalized spacial score (nSPS) is 13.0. The highest BCUT2D eigenvalue weighted by atomic mass is 16.1. The molecule has 1 aliphatic heterocycles. The van der Waals surface area contributed by atoms with Gasteiger partial charge in [-0.15, -0.1) is 0 Å². The number of nitrogens with one attached hydrogen (secondary N) is 2. The van der Waals surface area contributed by atoms with Gasteiger partial charge in [0.05, 0.1) is 23.1 Å². The fraction of sp³-hybridized carbons (Fsp3) is 0.192. The molecule has 0 radical (unpaired) electrons. The van der Waals surface area contributed by atoms with E-state index in [1.165, 1.54) is 12.8 Å². The highest BCUT2D eigenvalue weighted by Crippen LogP contribution is 2.25. The van der Waals surface area contributed by atoms with Crippen LogP contribution >= 0.6 is 0 Å². The number of carbonyl (C=O) groups is 1. The lowest BCUT2D eigenvalue weighted by molar-refractivity contribution is 0.102. The van der Waals surface area contributed by atoms with Gasteiger partial charge in [0.2, 0.25) is 5.95 Å². The van der Waals surface area contributed by atoms with Gasteiger partial charge >= 0.3 is 0 Å². The molecule has 5 rings (SSSR count). The van der Waals surface area contributed by atoms with Crippen LogP contribution in [0.15, 0.2) is 73.4 Å². The van der Waals surface area contributed by atoms with Gasteiger partial charge in [0.15, 0.2) is 0 Å². The second-order valence-corrected chi connectivity index (χ2v) is 8.24. The number of aryl methyl sites for hydroxylation is 1. The van der Waals surface area contributed by atoms with Crippen LogP contribution in [0.1, 0.15) is 28.8 Å². The number of aromatic nitrogens is 4. The summed E-state index contributed by atoms with van der Waals surface area (Å²) in [6, 6.07) is 13.3. The standard InChI is InChI=1S/C26H25N7O/c1-18-6-7-21(30-25(34)20-13-22(17-28-16-20)33-11-2-3-12-33)14-24(18)32-26-29-10-8-23(31-26)19-5-4-9-27-15-19/h4-10,13-17H,2-3,11-12H2,1H3,(H,30,34)(H,29,31,32). The van der Waals surface area contributed by atoms with Gasteiger partial charge in [-0.3, -0.25) is 14.8 Å². The number of rotatable bonds is 6. The summed E-state index contributed by atoms with van der Waals surface area (Å²) in [5, 5.41) is 6.25. The predicted molar refractivity (Wildman–Crippen MR) is 133 cm³/mol. The van der Waals surface area contributed by atoms with E-state index < -0.39 is 0 Å². The molecule has 8 heteroatoms. The molecule has 170 valence electrons. The maximum atomic E-state index is 12.9. The third-order valence-electron chi connectivity index (χ3n) is 5.81. The van der Waals surface area contributed by atoms with Crippen LogP contribution in [0.5, 0.6) is 0 Å². The molecule has 0 atom stereocenters. The molecule has 1 aromatic carbocycles. The Morgan fingerprint density at radius 3 is 2.68 bits per heavy atom. The smallest absolute Gasteiger partial charge is 0.257 e. The van der Waals surface area contributed by atoms with Gasteiger partial charge < -0.3 is 15.5 Å². The zero-order valence-electron chi connectivity index (χ0n) is 18.9. The van der Waals surface area contributed by atoms with Crippen molar-refractivity contribution >= 4 is 28.9 Å². The summed E-state index contributed by atoms with van der Waals surface area (Å²) in [5.41, 5.74) is 5.70. The van der Waals surface area contributed by atoms with Gasteiger partial charge in [-0.05, 0) is 61.7 Å². The number of anilines is 4. The zero-order valence-corrected chi connectivity index (χ0v) is 18.9. The molecule has 1 amide bonds. The van der Waals surface area contributed by atoms with Gasteiger partial charge in [-0.2, -0.15) is 0 Å². The lowest BCUT2D eigenvalue weighted by Crippen LogP contribution is -2.19. The zero-order chi connectivity index (χ0) is 23.3. The first-order valence-electron chi connectivity index (χ1n) is 11.3. The molecule has 34 heavy (non-hydrogen) atoms. The summed E-state index contributed by atoms with van der Waals surface area (Å²) in [7, 11) is 0. The second-order valence-electron chi connectivity index (χ2n) is 8.24. The van der Waals surface area contributed by atoms with E-state index in [1.807, 2.05) is 55.6 Å². The third-order valence-corrected chi connectivity index (χ3v) is 5.81. The van der Waals surface area contributed by atoms with E-state index in [0.29, 0.717) is 17.2 Å². The number of amides is 1. The van der Waals surface area contributed by atoms with Gasteiger partial charge in [-0.1, -0.05) is 6.07 Å². The number of hydrogen-bond donors (Lipinski definition) is 2. The van der Waals surface area contributed by atoms with Crippen LogP contribution in [0.4, 0.5) is 23.0 Å². The van der Waals surface area contributed by atoms with Crippen LogP contribution in [0.25, 0.3) is 11.3 Å². The summed E-state index contributed by atoms with van der Waals surface area (Å²) in [4.78, 5) is 32.6. The van der Waals surface area contributed by atoms with Crippen LogP contribution in [0.3, 0.4) is 0 Å². The number of hydrogen-bond acceptors (Lipinski definition) is 7. The maximum Gasteiger partial charge on any atom is 0.257 e.